The van der Waals surface area contributed by atoms with Gasteiger partial charge in [0.05, 0.1) is 12.7 Å². The molecular weight excluding hydrogens is 333 g/mol. The van der Waals surface area contributed by atoms with Crippen molar-refractivity contribution in [1.82, 2.24) is 15.0 Å². The molecule has 1 fully saturated rings. The topological polar surface area (TPSA) is 77.0 Å². The highest BCUT2D eigenvalue weighted by molar-refractivity contribution is 6.30. The van der Waals surface area contributed by atoms with Crippen molar-refractivity contribution in [1.29, 1.82) is 0 Å². The second kappa shape index (κ2) is 5.47. The number of rotatable bonds is 4. The van der Waals surface area contributed by atoms with Crippen molar-refractivity contribution in [3.63, 3.8) is 0 Å². The van der Waals surface area contributed by atoms with E-state index in [0.29, 0.717) is 0 Å². The fraction of sp³-hybridized carbons (Fsp3) is 0.429. The minimum Gasteiger partial charge on any atom is -0.382 e. The van der Waals surface area contributed by atoms with Crippen LogP contribution in [0.4, 0.5) is 13.2 Å². The van der Waals surface area contributed by atoms with Crippen molar-refractivity contribution in [2.24, 2.45) is 5.73 Å². The summed E-state index contributed by atoms with van der Waals surface area (Å²) in [7, 11) is 0. The Morgan fingerprint density at radius 3 is 2.70 bits per heavy atom. The molecule has 0 bridgehead atoms. The summed E-state index contributed by atoms with van der Waals surface area (Å²) in [5.74, 6) is -3.42. The van der Waals surface area contributed by atoms with E-state index >= 15 is 0 Å². The van der Waals surface area contributed by atoms with Gasteiger partial charge in [-0.2, -0.15) is 0 Å². The first-order valence-corrected chi connectivity index (χ1v) is 7.25. The molecule has 5 nitrogen and oxygen atoms in total. The first-order chi connectivity index (χ1) is 10.7. The van der Waals surface area contributed by atoms with Gasteiger partial charge in [-0.25, -0.2) is 13.2 Å². The molecule has 1 heterocycles. The Bertz CT molecular complexity index is 729. The molecule has 3 rings (SSSR count). The van der Waals surface area contributed by atoms with Gasteiger partial charge >= 0.3 is 0 Å². The molecule has 9 heteroatoms. The molecule has 1 aromatic carbocycles. The highest BCUT2D eigenvalue weighted by Gasteiger charge is 2.54. The standard InChI is InChI=1S/C14H14ClF3N4O/c15-8-1-2-9(10(16)3-8)12(23)11-4-22(21-20-11)7-13(19)5-14(17,18)6-13/h1-4,12,23H,5-7,19H2. The molecule has 0 amide bonds. The maximum Gasteiger partial charge on any atom is 0.251 e. The van der Waals surface area contributed by atoms with Crippen molar-refractivity contribution in [3.05, 3.63) is 46.5 Å². The number of halogens is 4. The molecule has 1 aromatic heterocycles. The summed E-state index contributed by atoms with van der Waals surface area (Å²) >= 11 is 5.66. The number of nitrogens with two attached hydrogens (primary N) is 1. The number of benzene rings is 1. The molecule has 124 valence electrons. The average molecular weight is 347 g/mol. The van der Waals surface area contributed by atoms with Crippen LogP contribution in [-0.4, -0.2) is 31.6 Å². The van der Waals surface area contributed by atoms with E-state index in [1.165, 1.54) is 23.0 Å². The quantitative estimate of drug-likeness (QED) is 0.890. The highest BCUT2D eigenvalue weighted by Crippen LogP contribution is 2.44. The second-order valence-electron chi connectivity index (χ2n) is 5.98. The molecule has 0 radical (unpaired) electrons. The monoisotopic (exact) mass is 346 g/mol. The molecule has 0 aliphatic heterocycles. The van der Waals surface area contributed by atoms with Crippen LogP contribution in [0, 0.1) is 5.82 Å². The molecule has 1 atom stereocenters. The van der Waals surface area contributed by atoms with Crippen LogP contribution in [-0.2, 0) is 6.54 Å². The molecular formula is C14H14ClF3N4O. The lowest BCUT2D eigenvalue weighted by molar-refractivity contribution is -0.127. The largest absolute Gasteiger partial charge is 0.382 e. The first kappa shape index (κ1) is 16.2. The van der Waals surface area contributed by atoms with Crippen molar-refractivity contribution >= 4 is 11.6 Å². The summed E-state index contributed by atoms with van der Waals surface area (Å²) in [4.78, 5) is 0. The Kier molecular flexibility index (Phi) is 3.86. The normalized spacial score (nSPS) is 20.1. The van der Waals surface area contributed by atoms with Gasteiger partial charge in [-0.05, 0) is 12.1 Å². The van der Waals surface area contributed by atoms with E-state index in [2.05, 4.69) is 10.3 Å². The minimum atomic E-state index is -2.75. The average Bonchev–Trinajstić information content (AvgIpc) is 2.83. The Labute approximate surface area is 134 Å². The lowest BCUT2D eigenvalue weighted by atomic mass is 9.74. The number of aliphatic hydroxyl groups excluding tert-OH is 1. The number of aliphatic hydroxyl groups is 1. The molecule has 1 aliphatic rings. The zero-order valence-corrected chi connectivity index (χ0v) is 12.6. The maximum absolute atomic E-state index is 13.8. The number of aromatic nitrogens is 3. The number of hydrogen-bond donors (Lipinski definition) is 2. The van der Waals surface area contributed by atoms with Gasteiger partial charge in [0.25, 0.3) is 5.92 Å². The first-order valence-electron chi connectivity index (χ1n) is 6.87. The smallest absolute Gasteiger partial charge is 0.251 e. The summed E-state index contributed by atoms with van der Waals surface area (Å²) in [6.45, 7) is 0.0470. The van der Waals surface area contributed by atoms with Gasteiger partial charge in [-0.3, -0.25) is 4.68 Å². The second-order valence-corrected chi connectivity index (χ2v) is 6.42. The predicted octanol–water partition coefficient (Wildman–Crippen LogP) is 2.28. The van der Waals surface area contributed by atoms with Crippen molar-refractivity contribution < 1.29 is 18.3 Å². The van der Waals surface area contributed by atoms with Gasteiger partial charge in [0.2, 0.25) is 0 Å². The minimum absolute atomic E-state index is 0.000843. The zero-order chi connectivity index (χ0) is 16.8. The number of hydrogen-bond acceptors (Lipinski definition) is 4. The van der Waals surface area contributed by atoms with Crippen LogP contribution in [0.1, 0.15) is 30.2 Å². The van der Waals surface area contributed by atoms with E-state index in [1.807, 2.05) is 0 Å². The van der Waals surface area contributed by atoms with Gasteiger partial charge < -0.3 is 10.8 Å². The molecule has 3 N–H and O–H groups in total. The molecule has 1 aliphatic carbocycles. The van der Waals surface area contributed by atoms with E-state index in [-0.39, 0.29) is 22.8 Å². The van der Waals surface area contributed by atoms with Crippen molar-refractivity contribution in [3.8, 4) is 0 Å². The van der Waals surface area contributed by atoms with Crippen molar-refractivity contribution in [2.45, 2.75) is 37.0 Å². The van der Waals surface area contributed by atoms with E-state index in [0.717, 1.165) is 6.07 Å². The van der Waals surface area contributed by atoms with Crippen LogP contribution in [0.5, 0.6) is 0 Å². The fourth-order valence-electron chi connectivity index (χ4n) is 2.81. The lowest BCUT2D eigenvalue weighted by Gasteiger charge is -2.44. The summed E-state index contributed by atoms with van der Waals surface area (Å²) in [5, 5.41) is 17.9. The van der Waals surface area contributed by atoms with E-state index in [4.69, 9.17) is 17.3 Å². The third-order valence-electron chi connectivity index (χ3n) is 3.79. The highest BCUT2D eigenvalue weighted by atomic mass is 35.5. The van der Waals surface area contributed by atoms with Crippen LogP contribution < -0.4 is 5.73 Å². The zero-order valence-electron chi connectivity index (χ0n) is 11.9. The fourth-order valence-corrected chi connectivity index (χ4v) is 2.97. The van der Waals surface area contributed by atoms with Crippen LogP contribution >= 0.6 is 11.6 Å². The molecule has 23 heavy (non-hydrogen) atoms. The molecule has 0 saturated heterocycles. The third kappa shape index (κ3) is 3.34. The SMILES string of the molecule is NC1(Cn2cc(C(O)c3ccc(Cl)cc3F)nn2)CC(F)(F)C1. The molecule has 1 saturated carbocycles. The van der Waals surface area contributed by atoms with Crippen LogP contribution in [0.2, 0.25) is 5.02 Å². The maximum atomic E-state index is 13.8. The number of alkyl halides is 2. The number of nitrogens with zero attached hydrogens (tertiary/aromatic N) is 3. The van der Waals surface area contributed by atoms with Crippen molar-refractivity contribution in [2.75, 3.05) is 0 Å². The summed E-state index contributed by atoms with van der Waals surface area (Å²) in [5.41, 5.74) is 4.89. The Morgan fingerprint density at radius 1 is 1.39 bits per heavy atom. The lowest BCUT2D eigenvalue weighted by Crippen LogP contribution is -2.60. The Morgan fingerprint density at radius 2 is 2.09 bits per heavy atom. The van der Waals surface area contributed by atoms with E-state index < -0.39 is 36.2 Å². The van der Waals surface area contributed by atoms with Gasteiger partial charge in [0.1, 0.15) is 17.6 Å². The van der Waals surface area contributed by atoms with E-state index in [1.54, 1.807) is 0 Å². The molecule has 1 unspecified atom stereocenters. The summed E-state index contributed by atoms with van der Waals surface area (Å²) in [6.07, 6.45) is -0.825. The van der Waals surface area contributed by atoms with Crippen LogP contribution in [0.15, 0.2) is 24.4 Å². The van der Waals surface area contributed by atoms with Gasteiger partial charge in [-0.1, -0.05) is 22.9 Å². The predicted molar refractivity (Wildman–Crippen MR) is 76.6 cm³/mol. The summed E-state index contributed by atoms with van der Waals surface area (Å²) < 4.78 is 41.0. The summed E-state index contributed by atoms with van der Waals surface area (Å²) in [6, 6.07) is 3.87. The van der Waals surface area contributed by atoms with Crippen LogP contribution in [0.3, 0.4) is 0 Å². The van der Waals surface area contributed by atoms with Gasteiger partial charge in [0.15, 0.2) is 0 Å². The molecule has 0 spiro atoms. The molecule has 2 aromatic rings. The van der Waals surface area contributed by atoms with E-state index in [9.17, 15) is 18.3 Å². The van der Waals surface area contributed by atoms with Crippen LogP contribution in [0.25, 0.3) is 0 Å². The Hall–Kier alpha value is -1.64. The van der Waals surface area contributed by atoms with Gasteiger partial charge in [0, 0.05) is 29.0 Å². The Balaban J connectivity index is 1.74. The van der Waals surface area contributed by atoms with Gasteiger partial charge in [-0.15, -0.1) is 5.10 Å². The third-order valence-corrected chi connectivity index (χ3v) is 4.03.